The van der Waals surface area contributed by atoms with Gasteiger partial charge in [0.15, 0.2) is 0 Å². The number of hydrogen-bond donors (Lipinski definition) is 0. The summed E-state index contributed by atoms with van der Waals surface area (Å²) in [6.45, 7) is 12.5. The molecule has 1 rings (SSSR count). The van der Waals surface area contributed by atoms with Crippen molar-refractivity contribution < 1.29 is 13.7 Å². The van der Waals surface area contributed by atoms with Crippen LogP contribution in [0, 0.1) is 5.92 Å². The van der Waals surface area contributed by atoms with Crippen LogP contribution in [0.2, 0.25) is 0 Å². The minimum Gasteiger partial charge on any atom is -0.444 e. The van der Waals surface area contributed by atoms with E-state index in [1.807, 2.05) is 41.5 Å². The number of ether oxygens (including phenoxy) is 1. The Hall–Kier alpha value is -0.910. The summed E-state index contributed by atoms with van der Waals surface area (Å²) in [5.74, 6) is 0.161. The molecule has 0 spiro atoms. The van der Waals surface area contributed by atoms with Gasteiger partial charge >= 0.3 is 6.09 Å². The zero-order chi connectivity index (χ0) is 15.6. The van der Waals surface area contributed by atoms with Crippen molar-refractivity contribution in [1.82, 2.24) is 4.90 Å². The van der Waals surface area contributed by atoms with Gasteiger partial charge in [-0.2, -0.15) is 4.40 Å². The molecular weight excluding hydrogens is 276 g/mol. The van der Waals surface area contributed by atoms with Crippen molar-refractivity contribution in [2.45, 2.75) is 58.3 Å². The van der Waals surface area contributed by atoms with Crippen molar-refractivity contribution in [1.29, 1.82) is 0 Å². The summed E-state index contributed by atoms with van der Waals surface area (Å²) in [6, 6.07) is 0. The second kappa shape index (κ2) is 6.24. The topological polar surface area (TPSA) is 59.0 Å². The minimum absolute atomic E-state index is 0.161. The van der Waals surface area contributed by atoms with E-state index >= 15 is 0 Å². The molecule has 2 atom stereocenters. The number of carbonyl (C=O) groups is 1. The molecule has 116 valence electrons. The third-order valence-electron chi connectivity index (χ3n) is 2.77. The predicted octanol–water partition coefficient (Wildman–Crippen LogP) is 2.78. The van der Waals surface area contributed by atoms with E-state index < -0.39 is 16.6 Å². The zero-order valence-corrected chi connectivity index (χ0v) is 14.1. The molecule has 1 aliphatic heterocycles. The van der Waals surface area contributed by atoms with Crippen molar-refractivity contribution in [2.75, 3.05) is 13.1 Å². The summed E-state index contributed by atoms with van der Waals surface area (Å²) in [5, 5.41) is 0. The molecule has 1 amide bonds. The Labute approximate surface area is 124 Å². The molecule has 0 radical (unpaired) electrons. The summed E-state index contributed by atoms with van der Waals surface area (Å²) in [6.07, 6.45) is 2.28. The lowest BCUT2D eigenvalue weighted by Crippen LogP contribution is -2.35. The Bertz CT molecular complexity index is 408. The second-order valence-corrected chi connectivity index (χ2v) is 9.02. The van der Waals surface area contributed by atoms with E-state index in [2.05, 4.69) is 4.40 Å². The molecule has 0 unspecified atom stereocenters. The highest BCUT2D eigenvalue weighted by Crippen LogP contribution is 2.19. The predicted molar refractivity (Wildman–Crippen MR) is 82.3 cm³/mol. The van der Waals surface area contributed by atoms with Gasteiger partial charge in [0.25, 0.3) is 0 Å². The van der Waals surface area contributed by atoms with Crippen LogP contribution in [-0.2, 0) is 15.7 Å². The maximum absolute atomic E-state index is 11.9. The highest BCUT2D eigenvalue weighted by Gasteiger charge is 2.29. The van der Waals surface area contributed by atoms with Crippen LogP contribution in [0.25, 0.3) is 0 Å². The van der Waals surface area contributed by atoms with Gasteiger partial charge in [0.05, 0.1) is 4.75 Å². The van der Waals surface area contributed by atoms with Crippen LogP contribution in [0.4, 0.5) is 4.79 Å². The number of nitrogens with zero attached hydrogens (tertiary/aromatic N) is 2. The molecule has 0 aromatic carbocycles. The van der Waals surface area contributed by atoms with Crippen LogP contribution in [0.15, 0.2) is 4.40 Å². The Kier molecular flexibility index (Phi) is 5.35. The summed E-state index contributed by atoms with van der Waals surface area (Å²) in [4.78, 5) is 13.6. The molecule has 5 nitrogen and oxygen atoms in total. The molecule has 6 heteroatoms. The van der Waals surface area contributed by atoms with Gasteiger partial charge in [0.2, 0.25) is 0 Å². The molecular formula is C14H26N2O3S. The summed E-state index contributed by atoms with van der Waals surface area (Å²) in [7, 11) is -1.24. The van der Waals surface area contributed by atoms with E-state index in [0.29, 0.717) is 13.1 Å². The van der Waals surface area contributed by atoms with Gasteiger partial charge in [-0.05, 0) is 48.0 Å². The van der Waals surface area contributed by atoms with Gasteiger partial charge in [-0.3, -0.25) is 0 Å². The smallest absolute Gasteiger partial charge is 0.410 e. The van der Waals surface area contributed by atoms with Gasteiger partial charge in [0, 0.05) is 25.2 Å². The first-order valence-electron chi connectivity index (χ1n) is 6.93. The highest BCUT2D eigenvalue weighted by atomic mass is 32.2. The van der Waals surface area contributed by atoms with Crippen LogP contribution >= 0.6 is 0 Å². The molecule has 0 aromatic heterocycles. The summed E-state index contributed by atoms with van der Waals surface area (Å²) < 4.78 is 20.9. The summed E-state index contributed by atoms with van der Waals surface area (Å²) >= 11 is 0. The fourth-order valence-corrected chi connectivity index (χ4v) is 2.30. The first-order valence-corrected chi connectivity index (χ1v) is 8.04. The Balaban J connectivity index is 2.50. The summed E-state index contributed by atoms with van der Waals surface area (Å²) in [5.41, 5.74) is -0.475. The third kappa shape index (κ3) is 5.61. The Morgan fingerprint density at radius 1 is 1.30 bits per heavy atom. The second-order valence-electron chi connectivity index (χ2n) is 7.09. The highest BCUT2D eigenvalue weighted by molar-refractivity contribution is 7.85. The largest absolute Gasteiger partial charge is 0.444 e. The SMILES string of the molecule is CC(C)(C)OC(=O)N1CC[C@H](/C=N/[S@@](=O)C(C)(C)C)C1. The van der Waals surface area contributed by atoms with Gasteiger partial charge < -0.3 is 9.64 Å². The van der Waals surface area contributed by atoms with Crippen LogP contribution < -0.4 is 0 Å². The fraction of sp³-hybridized carbons (Fsp3) is 0.857. The number of hydrogen-bond acceptors (Lipinski definition) is 3. The Morgan fingerprint density at radius 2 is 1.90 bits per heavy atom. The van der Waals surface area contributed by atoms with Gasteiger partial charge in [-0.25, -0.2) is 9.00 Å². The molecule has 1 fully saturated rings. The van der Waals surface area contributed by atoms with E-state index in [1.54, 1.807) is 11.1 Å². The normalized spacial score (nSPS) is 22.3. The van der Waals surface area contributed by atoms with Crippen molar-refractivity contribution >= 4 is 23.3 Å². The molecule has 20 heavy (non-hydrogen) atoms. The molecule has 1 aliphatic rings. The van der Waals surface area contributed by atoms with Gasteiger partial charge in [0.1, 0.15) is 16.6 Å². The number of amides is 1. The fourth-order valence-electron chi connectivity index (χ4n) is 1.70. The number of likely N-dealkylation sites (tertiary alicyclic amines) is 1. The van der Waals surface area contributed by atoms with Crippen molar-refractivity contribution in [3.8, 4) is 0 Å². The first-order chi connectivity index (χ1) is 8.99. The van der Waals surface area contributed by atoms with E-state index in [0.717, 1.165) is 6.42 Å². The minimum atomic E-state index is -1.24. The molecule has 0 N–H and O–H groups in total. The molecule has 0 aliphatic carbocycles. The molecule has 0 bridgehead atoms. The van der Waals surface area contributed by atoms with Crippen molar-refractivity contribution in [3.63, 3.8) is 0 Å². The van der Waals surface area contributed by atoms with Crippen molar-refractivity contribution in [3.05, 3.63) is 0 Å². The first kappa shape index (κ1) is 17.1. The lowest BCUT2D eigenvalue weighted by atomic mass is 10.1. The standard InChI is InChI=1S/C14H26N2O3S/c1-13(2,3)19-12(17)16-8-7-11(10-16)9-15-20(18)14(4,5)6/h9,11H,7-8,10H2,1-6H3/b15-9+/t11-,20+/m1/s1. The average molecular weight is 302 g/mol. The maximum Gasteiger partial charge on any atom is 0.410 e. The third-order valence-corrected chi connectivity index (χ3v) is 4.13. The van der Waals surface area contributed by atoms with E-state index in [1.165, 1.54) is 0 Å². The quantitative estimate of drug-likeness (QED) is 0.737. The monoisotopic (exact) mass is 302 g/mol. The maximum atomic E-state index is 11.9. The average Bonchev–Trinajstić information content (AvgIpc) is 2.70. The van der Waals surface area contributed by atoms with Gasteiger partial charge in [-0.1, -0.05) is 0 Å². The van der Waals surface area contributed by atoms with Crippen LogP contribution in [0.3, 0.4) is 0 Å². The zero-order valence-electron chi connectivity index (χ0n) is 13.3. The molecule has 0 saturated carbocycles. The van der Waals surface area contributed by atoms with E-state index in [4.69, 9.17) is 4.74 Å². The molecule has 0 aromatic rings. The number of rotatable bonds is 2. The molecule has 1 heterocycles. The van der Waals surface area contributed by atoms with Crippen LogP contribution in [-0.4, -0.2) is 44.9 Å². The lowest BCUT2D eigenvalue weighted by Gasteiger charge is -2.24. The van der Waals surface area contributed by atoms with Crippen LogP contribution in [0.1, 0.15) is 48.0 Å². The lowest BCUT2D eigenvalue weighted by molar-refractivity contribution is 0.0292. The van der Waals surface area contributed by atoms with E-state index in [9.17, 15) is 9.00 Å². The van der Waals surface area contributed by atoms with Crippen molar-refractivity contribution in [2.24, 2.45) is 10.3 Å². The van der Waals surface area contributed by atoms with E-state index in [-0.39, 0.29) is 16.8 Å². The van der Waals surface area contributed by atoms with Crippen LogP contribution in [0.5, 0.6) is 0 Å². The Morgan fingerprint density at radius 3 is 2.40 bits per heavy atom. The number of carbonyl (C=O) groups excluding carboxylic acids is 1. The molecule has 1 saturated heterocycles. The van der Waals surface area contributed by atoms with Gasteiger partial charge in [-0.15, -0.1) is 0 Å².